The van der Waals surface area contributed by atoms with Crippen molar-refractivity contribution >= 4 is 57.3 Å². The Morgan fingerprint density at radius 3 is 2.22 bits per heavy atom. The molecule has 2 amide bonds. The predicted molar refractivity (Wildman–Crippen MR) is 100 cm³/mol. The molecule has 1 heterocycles. The van der Waals surface area contributed by atoms with E-state index >= 15 is 0 Å². The van der Waals surface area contributed by atoms with Gasteiger partial charge in [0.25, 0.3) is 11.8 Å². The number of hydrogen-bond acceptors (Lipinski definition) is 2. The molecule has 0 N–H and O–H groups in total. The lowest BCUT2D eigenvalue weighted by molar-refractivity contribution is -0.119. The van der Waals surface area contributed by atoms with Gasteiger partial charge >= 0.3 is 0 Å². The van der Waals surface area contributed by atoms with Crippen molar-refractivity contribution in [2.45, 2.75) is 13.8 Å². The summed E-state index contributed by atoms with van der Waals surface area (Å²) in [5.74, 6) is -0.857. The molecule has 1 aliphatic heterocycles. The number of rotatable bonds is 2. The van der Waals surface area contributed by atoms with E-state index in [4.69, 9.17) is 11.6 Å². The molecular weight excluding hydrogens is 425 g/mol. The van der Waals surface area contributed by atoms with E-state index in [9.17, 15) is 9.59 Å². The van der Waals surface area contributed by atoms with E-state index in [0.29, 0.717) is 11.3 Å². The Morgan fingerprint density at radius 1 is 0.957 bits per heavy atom. The van der Waals surface area contributed by atoms with Crippen molar-refractivity contribution in [1.29, 1.82) is 0 Å². The topological polar surface area (TPSA) is 37.4 Å². The fraction of sp³-hybridized carbons (Fsp3) is 0.111. The largest absolute Gasteiger partial charge is 0.277 e. The Morgan fingerprint density at radius 2 is 1.61 bits per heavy atom. The monoisotopic (exact) mass is 437 g/mol. The zero-order chi connectivity index (χ0) is 16.7. The molecule has 2 aromatic rings. The maximum atomic E-state index is 12.8. The minimum Gasteiger partial charge on any atom is -0.268 e. The van der Waals surface area contributed by atoms with Crippen LogP contribution in [-0.2, 0) is 9.59 Å². The van der Waals surface area contributed by atoms with Gasteiger partial charge in [0.05, 0.1) is 11.3 Å². The fourth-order valence-electron chi connectivity index (χ4n) is 2.56. The second-order valence-corrected chi connectivity index (χ2v) is 7.06. The number of hydrogen-bond donors (Lipinski definition) is 0. The van der Waals surface area contributed by atoms with Crippen molar-refractivity contribution in [2.24, 2.45) is 0 Å². The van der Waals surface area contributed by atoms with Crippen LogP contribution < -0.4 is 4.90 Å². The summed E-state index contributed by atoms with van der Waals surface area (Å²) in [6, 6.07) is 13.0. The van der Waals surface area contributed by atoms with Crippen LogP contribution in [-0.4, -0.2) is 11.8 Å². The predicted octanol–water partition coefficient (Wildman–Crippen LogP) is 4.43. The molecule has 0 atom stereocenters. The van der Waals surface area contributed by atoms with E-state index < -0.39 is 5.91 Å². The highest BCUT2D eigenvalue weighted by atomic mass is 127. The molecule has 3 rings (SSSR count). The average molecular weight is 438 g/mol. The molecular formula is C18H13ClINO2. The summed E-state index contributed by atoms with van der Waals surface area (Å²) in [5, 5.41) is -0.0307. The maximum absolute atomic E-state index is 12.8. The third-order valence-electron chi connectivity index (χ3n) is 3.77. The zero-order valence-electron chi connectivity index (χ0n) is 12.6. The Bertz CT molecular complexity index is 856. The van der Waals surface area contributed by atoms with Crippen LogP contribution >= 0.6 is 34.2 Å². The van der Waals surface area contributed by atoms with E-state index in [1.165, 1.54) is 0 Å². The van der Waals surface area contributed by atoms with Gasteiger partial charge in [-0.3, -0.25) is 9.59 Å². The van der Waals surface area contributed by atoms with Crippen molar-refractivity contribution in [3.63, 3.8) is 0 Å². The molecule has 0 saturated heterocycles. The SMILES string of the molecule is Cc1ccc(C2=C(Cl)C(=O)N(c3ccc(I)cc3C)C2=O)cc1. The molecule has 5 heteroatoms. The van der Waals surface area contributed by atoms with E-state index in [2.05, 4.69) is 22.6 Å². The molecule has 0 fully saturated rings. The summed E-state index contributed by atoms with van der Waals surface area (Å²) in [5.41, 5.74) is 3.42. The molecule has 0 aliphatic carbocycles. The third kappa shape index (κ3) is 2.81. The fourth-order valence-corrected chi connectivity index (χ4v) is 3.48. The number of nitrogens with zero attached hydrogens (tertiary/aromatic N) is 1. The van der Waals surface area contributed by atoms with Crippen molar-refractivity contribution in [2.75, 3.05) is 4.90 Å². The number of imide groups is 1. The summed E-state index contributed by atoms with van der Waals surface area (Å²) in [6.45, 7) is 3.83. The van der Waals surface area contributed by atoms with E-state index in [1.54, 1.807) is 6.07 Å². The molecule has 0 spiro atoms. The van der Waals surface area contributed by atoms with Gasteiger partial charge in [-0.2, -0.15) is 0 Å². The van der Waals surface area contributed by atoms with Gasteiger partial charge in [-0.05, 0) is 65.8 Å². The average Bonchev–Trinajstić information content (AvgIpc) is 2.72. The number of aryl methyl sites for hydroxylation is 2. The number of carbonyl (C=O) groups excluding carboxylic acids is 2. The molecule has 3 nitrogen and oxygen atoms in total. The van der Waals surface area contributed by atoms with E-state index in [-0.39, 0.29) is 16.5 Å². The van der Waals surface area contributed by atoms with Gasteiger partial charge in [0.15, 0.2) is 0 Å². The summed E-state index contributed by atoms with van der Waals surface area (Å²) in [7, 11) is 0. The van der Waals surface area contributed by atoms with Gasteiger partial charge in [-0.25, -0.2) is 4.90 Å². The number of carbonyl (C=O) groups is 2. The first-order valence-corrected chi connectivity index (χ1v) is 8.47. The van der Waals surface area contributed by atoms with Crippen LogP contribution in [0, 0.1) is 17.4 Å². The molecule has 116 valence electrons. The highest BCUT2D eigenvalue weighted by Gasteiger charge is 2.39. The lowest BCUT2D eigenvalue weighted by atomic mass is 10.0. The van der Waals surface area contributed by atoms with Crippen LogP contribution in [0.3, 0.4) is 0 Å². The minimum absolute atomic E-state index is 0.0307. The summed E-state index contributed by atoms with van der Waals surface area (Å²) < 4.78 is 1.04. The molecule has 0 radical (unpaired) electrons. The van der Waals surface area contributed by atoms with Gasteiger partial charge in [-0.15, -0.1) is 0 Å². The van der Waals surface area contributed by atoms with Gasteiger partial charge in [0.1, 0.15) is 5.03 Å². The Kier molecular flexibility index (Phi) is 4.29. The molecule has 0 saturated carbocycles. The Hall–Kier alpha value is -1.66. The van der Waals surface area contributed by atoms with E-state index in [0.717, 1.165) is 19.6 Å². The number of anilines is 1. The lowest BCUT2D eigenvalue weighted by Gasteiger charge is -2.17. The molecule has 0 bridgehead atoms. The van der Waals surface area contributed by atoms with Gasteiger partial charge in [-0.1, -0.05) is 41.4 Å². The highest BCUT2D eigenvalue weighted by Crippen LogP contribution is 2.36. The first-order chi connectivity index (χ1) is 10.9. The minimum atomic E-state index is -0.475. The Labute approximate surface area is 153 Å². The number of benzene rings is 2. The van der Waals surface area contributed by atoms with E-state index in [1.807, 2.05) is 50.2 Å². The van der Waals surface area contributed by atoms with Crippen LogP contribution in [0.25, 0.3) is 5.57 Å². The Balaban J connectivity index is 2.07. The lowest BCUT2D eigenvalue weighted by Crippen LogP contribution is -2.31. The van der Waals surface area contributed by atoms with Crippen molar-refractivity contribution in [1.82, 2.24) is 0 Å². The molecule has 2 aromatic carbocycles. The molecule has 0 aromatic heterocycles. The van der Waals surface area contributed by atoms with Gasteiger partial charge in [0, 0.05) is 3.57 Å². The highest BCUT2D eigenvalue weighted by molar-refractivity contribution is 14.1. The van der Waals surface area contributed by atoms with Crippen LogP contribution in [0.5, 0.6) is 0 Å². The van der Waals surface area contributed by atoms with Crippen molar-refractivity contribution in [3.05, 3.63) is 67.8 Å². The number of amides is 2. The zero-order valence-corrected chi connectivity index (χ0v) is 15.5. The smallest absolute Gasteiger partial charge is 0.268 e. The maximum Gasteiger partial charge on any atom is 0.277 e. The first kappa shape index (κ1) is 16.2. The van der Waals surface area contributed by atoms with Crippen molar-refractivity contribution < 1.29 is 9.59 Å². The summed E-state index contributed by atoms with van der Waals surface area (Å²) in [6.07, 6.45) is 0. The second kappa shape index (κ2) is 6.09. The number of halogens is 2. The summed E-state index contributed by atoms with van der Waals surface area (Å²) in [4.78, 5) is 26.5. The van der Waals surface area contributed by atoms with Gasteiger partial charge in [0.2, 0.25) is 0 Å². The molecule has 1 aliphatic rings. The normalized spacial score (nSPS) is 14.9. The first-order valence-electron chi connectivity index (χ1n) is 7.02. The molecule has 23 heavy (non-hydrogen) atoms. The second-order valence-electron chi connectivity index (χ2n) is 5.43. The third-order valence-corrected chi connectivity index (χ3v) is 4.79. The molecule has 0 unspecified atom stereocenters. The quantitative estimate of drug-likeness (QED) is 0.515. The van der Waals surface area contributed by atoms with Gasteiger partial charge < -0.3 is 0 Å². The standard InChI is InChI=1S/C18H13ClINO2/c1-10-3-5-12(6-4-10)15-16(19)18(23)21(17(15)22)14-8-7-13(20)9-11(14)2/h3-9H,1-2H3. The van der Waals surface area contributed by atoms with Crippen LogP contribution in [0.1, 0.15) is 16.7 Å². The summed E-state index contributed by atoms with van der Waals surface area (Å²) >= 11 is 8.38. The van der Waals surface area contributed by atoms with Crippen LogP contribution in [0.15, 0.2) is 47.5 Å². The van der Waals surface area contributed by atoms with Crippen LogP contribution in [0.4, 0.5) is 5.69 Å². The van der Waals surface area contributed by atoms with Crippen molar-refractivity contribution in [3.8, 4) is 0 Å². The van der Waals surface area contributed by atoms with Crippen LogP contribution in [0.2, 0.25) is 0 Å².